The van der Waals surface area contributed by atoms with Gasteiger partial charge in [0.1, 0.15) is 29.8 Å². The van der Waals surface area contributed by atoms with Gasteiger partial charge in [-0.05, 0) is 36.4 Å². The van der Waals surface area contributed by atoms with Crippen molar-refractivity contribution < 1.29 is 13.6 Å². The molecule has 8 nitrogen and oxygen atoms in total. The van der Waals surface area contributed by atoms with Gasteiger partial charge in [-0.15, -0.1) is 0 Å². The maximum Gasteiger partial charge on any atom is 0.263 e. The second-order valence-corrected chi connectivity index (χ2v) is 7.80. The van der Waals surface area contributed by atoms with Crippen LogP contribution in [0.15, 0.2) is 74.0 Å². The largest absolute Gasteiger partial charge is 0.467 e. The minimum Gasteiger partial charge on any atom is -0.467 e. The molecule has 1 atom stereocenters. The Bertz CT molecular complexity index is 1360. The summed E-state index contributed by atoms with van der Waals surface area (Å²) in [5.41, 5.74) is 0.515. The highest BCUT2D eigenvalue weighted by molar-refractivity contribution is 6.38. The van der Waals surface area contributed by atoms with Gasteiger partial charge in [0.2, 0.25) is 0 Å². The first-order valence-electron chi connectivity index (χ1n) is 9.32. The molecule has 156 valence electrons. The number of carbonyl (C=O) groups excluding carboxylic acids is 1. The van der Waals surface area contributed by atoms with Crippen molar-refractivity contribution in [3.8, 4) is 0 Å². The number of nitrogens with zero attached hydrogens (tertiary/aromatic N) is 4. The van der Waals surface area contributed by atoms with Gasteiger partial charge in [-0.25, -0.2) is 9.99 Å². The van der Waals surface area contributed by atoms with Gasteiger partial charge < -0.3 is 8.83 Å². The molecule has 4 heterocycles. The maximum absolute atomic E-state index is 13.2. The lowest BCUT2D eigenvalue weighted by molar-refractivity contribution is -0.134. The number of rotatable bonds is 4. The quantitative estimate of drug-likeness (QED) is 0.456. The fourth-order valence-corrected chi connectivity index (χ4v) is 4.10. The van der Waals surface area contributed by atoms with Gasteiger partial charge in [-0.1, -0.05) is 23.2 Å². The van der Waals surface area contributed by atoms with Gasteiger partial charge >= 0.3 is 0 Å². The lowest BCUT2D eigenvalue weighted by atomic mass is 10.1. The molecule has 0 saturated carbocycles. The number of amides is 1. The van der Waals surface area contributed by atoms with E-state index in [1.807, 2.05) is 0 Å². The van der Waals surface area contributed by atoms with Crippen LogP contribution in [0.1, 0.15) is 24.0 Å². The van der Waals surface area contributed by atoms with E-state index in [0.29, 0.717) is 34.2 Å². The SMILES string of the molecule is O=C(Cn1cnc2c(Cl)cc(Cl)cc2c1=O)N1N=C(c2ccco2)CC1c1ccco1. The summed E-state index contributed by atoms with van der Waals surface area (Å²) in [4.78, 5) is 30.3. The van der Waals surface area contributed by atoms with Crippen molar-refractivity contribution in [2.75, 3.05) is 0 Å². The smallest absolute Gasteiger partial charge is 0.263 e. The summed E-state index contributed by atoms with van der Waals surface area (Å²) < 4.78 is 12.1. The molecule has 1 amide bonds. The zero-order chi connectivity index (χ0) is 21.5. The molecule has 3 aromatic heterocycles. The van der Waals surface area contributed by atoms with E-state index in [9.17, 15) is 9.59 Å². The monoisotopic (exact) mass is 456 g/mol. The normalized spacial score (nSPS) is 16.1. The molecular weight excluding hydrogens is 443 g/mol. The molecule has 0 N–H and O–H groups in total. The van der Waals surface area contributed by atoms with Crippen LogP contribution >= 0.6 is 23.2 Å². The van der Waals surface area contributed by atoms with Gasteiger partial charge in [0, 0.05) is 11.4 Å². The Morgan fingerprint density at radius 3 is 2.71 bits per heavy atom. The van der Waals surface area contributed by atoms with E-state index in [4.69, 9.17) is 32.0 Å². The van der Waals surface area contributed by atoms with E-state index < -0.39 is 17.5 Å². The molecule has 1 aliphatic rings. The third kappa shape index (κ3) is 3.54. The fraction of sp³-hybridized carbons (Fsp3) is 0.143. The van der Waals surface area contributed by atoms with Crippen LogP contribution in [-0.2, 0) is 11.3 Å². The van der Waals surface area contributed by atoms with Crippen molar-refractivity contribution in [1.29, 1.82) is 0 Å². The minimum atomic E-state index is -0.449. The Balaban J connectivity index is 1.49. The van der Waals surface area contributed by atoms with E-state index in [1.165, 1.54) is 34.3 Å². The van der Waals surface area contributed by atoms with Crippen LogP contribution < -0.4 is 5.56 Å². The van der Waals surface area contributed by atoms with E-state index in [1.54, 1.807) is 30.5 Å². The van der Waals surface area contributed by atoms with Crippen molar-refractivity contribution in [3.05, 3.63) is 87.2 Å². The molecule has 0 aliphatic carbocycles. The summed E-state index contributed by atoms with van der Waals surface area (Å²) in [6, 6.07) is 9.59. The highest BCUT2D eigenvalue weighted by Gasteiger charge is 2.35. The molecule has 10 heteroatoms. The highest BCUT2D eigenvalue weighted by atomic mass is 35.5. The van der Waals surface area contributed by atoms with E-state index >= 15 is 0 Å². The first kappa shape index (κ1) is 19.6. The van der Waals surface area contributed by atoms with Gasteiger partial charge in [-0.2, -0.15) is 5.10 Å². The zero-order valence-corrected chi connectivity index (χ0v) is 17.4. The molecule has 5 rings (SSSR count). The lowest BCUT2D eigenvalue weighted by Crippen LogP contribution is -2.34. The molecular formula is C21H14Cl2N4O4. The summed E-state index contributed by atoms with van der Waals surface area (Å²) in [7, 11) is 0. The van der Waals surface area contributed by atoms with Crippen molar-refractivity contribution in [3.63, 3.8) is 0 Å². The molecule has 0 bridgehead atoms. The van der Waals surface area contributed by atoms with Crippen molar-refractivity contribution in [2.24, 2.45) is 5.10 Å². The number of benzene rings is 1. The Labute approximate surface area is 185 Å². The first-order valence-corrected chi connectivity index (χ1v) is 10.1. The van der Waals surface area contributed by atoms with Crippen LogP contribution in [0.4, 0.5) is 0 Å². The lowest BCUT2D eigenvalue weighted by Gasteiger charge is -2.20. The molecule has 0 fully saturated rings. The Morgan fingerprint density at radius 1 is 1.16 bits per heavy atom. The number of carbonyl (C=O) groups is 1. The molecule has 0 spiro atoms. The minimum absolute atomic E-state index is 0.233. The summed E-state index contributed by atoms with van der Waals surface area (Å²) >= 11 is 12.2. The van der Waals surface area contributed by atoms with Crippen molar-refractivity contribution in [2.45, 2.75) is 19.0 Å². The summed E-state index contributed by atoms with van der Waals surface area (Å²) in [6.45, 7) is -0.266. The molecule has 0 saturated heterocycles. The topological polar surface area (TPSA) is 93.8 Å². The molecule has 1 aliphatic heterocycles. The van der Waals surface area contributed by atoms with E-state index in [2.05, 4.69) is 10.1 Å². The number of halogens is 2. The summed E-state index contributed by atoms with van der Waals surface area (Å²) in [5.74, 6) is 0.751. The first-order chi connectivity index (χ1) is 15.0. The van der Waals surface area contributed by atoms with Crippen LogP contribution in [0.25, 0.3) is 10.9 Å². The van der Waals surface area contributed by atoms with Gasteiger partial charge in [0.05, 0.1) is 34.8 Å². The molecule has 1 aromatic carbocycles. The summed E-state index contributed by atoms with van der Waals surface area (Å²) in [6.07, 6.45) is 4.79. The van der Waals surface area contributed by atoms with Crippen LogP contribution in [0.5, 0.6) is 0 Å². The third-order valence-electron chi connectivity index (χ3n) is 4.99. The fourth-order valence-electron chi connectivity index (χ4n) is 3.56. The van der Waals surface area contributed by atoms with Crippen LogP contribution in [0, 0.1) is 0 Å². The number of furan rings is 2. The number of aromatic nitrogens is 2. The Hall–Kier alpha value is -3.36. The predicted molar refractivity (Wildman–Crippen MR) is 114 cm³/mol. The van der Waals surface area contributed by atoms with Crippen LogP contribution in [-0.4, -0.2) is 26.2 Å². The van der Waals surface area contributed by atoms with Gasteiger partial charge in [0.25, 0.3) is 11.5 Å². The number of fused-ring (bicyclic) bond motifs is 1. The van der Waals surface area contributed by atoms with Gasteiger partial charge in [-0.3, -0.25) is 14.2 Å². The molecule has 0 radical (unpaired) electrons. The van der Waals surface area contributed by atoms with Crippen LogP contribution in [0.3, 0.4) is 0 Å². The molecule has 31 heavy (non-hydrogen) atoms. The van der Waals surface area contributed by atoms with Crippen molar-refractivity contribution in [1.82, 2.24) is 14.6 Å². The zero-order valence-electron chi connectivity index (χ0n) is 15.9. The summed E-state index contributed by atoms with van der Waals surface area (Å²) in [5, 5.41) is 6.58. The van der Waals surface area contributed by atoms with Gasteiger partial charge in [0.15, 0.2) is 0 Å². The predicted octanol–water partition coefficient (Wildman–Crippen LogP) is 4.27. The Kier molecular flexibility index (Phi) is 4.88. The second kappa shape index (κ2) is 7.72. The Morgan fingerprint density at radius 2 is 1.97 bits per heavy atom. The standard InChI is InChI=1S/C21H14Cl2N4O4/c22-12-7-13-20(14(23)8-12)24-11-26(21(13)29)10-19(28)27-16(18-4-2-6-31-18)9-15(25-27)17-3-1-5-30-17/h1-8,11,16H,9-10H2. The molecule has 4 aromatic rings. The van der Waals surface area contributed by atoms with Crippen LogP contribution in [0.2, 0.25) is 10.0 Å². The maximum atomic E-state index is 13.2. The molecule has 1 unspecified atom stereocenters. The number of hydrogen-bond acceptors (Lipinski definition) is 6. The van der Waals surface area contributed by atoms with Crippen molar-refractivity contribution >= 4 is 45.7 Å². The highest BCUT2D eigenvalue weighted by Crippen LogP contribution is 2.33. The average molecular weight is 457 g/mol. The van der Waals surface area contributed by atoms with E-state index in [0.717, 1.165) is 0 Å². The average Bonchev–Trinajstić information content (AvgIpc) is 3.50. The second-order valence-electron chi connectivity index (χ2n) is 6.96. The number of hydrazone groups is 1. The van der Waals surface area contributed by atoms with E-state index in [-0.39, 0.29) is 17.0 Å². The third-order valence-corrected chi connectivity index (χ3v) is 5.50. The number of hydrogen-bond donors (Lipinski definition) is 0.